The number of H-pyrrole nitrogens is 1. The van der Waals surface area contributed by atoms with Crippen molar-refractivity contribution in [1.29, 1.82) is 0 Å². The van der Waals surface area contributed by atoms with Crippen LogP contribution in [0.5, 0.6) is 0 Å². The standard InChI is InChI=1S/C14H11BrF2N6O/c15-7-5-8(16)11(9(17)6-7)23-20-10-12(21-23)18-14(19-13(10)24)22-3-1-2-4-22/h5-6H,1-4H2,(H,18,19,21,24). The largest absolute Gasteiger partial charge is 0.342 e. The number of rotatable bonds is 2. The van der Waals surface area contributed by atoms with E-state index >= 15 is 0 Å². The summed E-state index contributed by atoms with van der Waals surface area (Å²) in [6, 6.07) is 2.19. The Hall–Kier alpha value is -2.36. The molecule has 1 fully saturated rings. The number of aromatic nitrogens is 5. The molecule has 1 aliphatic rings. The maximum atomic E-state index is 14.1. The van der Waals surface area contributed by atoms with Crippen LogP contribution in [0.1, 0.15) is 12.8 Å². The zero-order valence-electron chi connectivity index (χ0n) is 12.3. The summed E-state index contributed by atoms with van der Waals surface area (Å²) in [5, 5.41) is 7.87. The van der Waals surface area contributed by atoms with Crippen molar-refractivity contribution in [1.82, 2.24) is 25.0 Å². The molecule has 1 aliphatic heterocycles. The number of aromatic amines is 1. The van der Waals surface area contributed by atoms with E-state index in [2.05, 4.69) is 36.1 Å². The van der Waals surface area contributed by atoms with Gasteiger partial charge in [0.15, 0.2) is 22.8 Å². The van der Waals surface area contributed by atoms with Crippen LogP contribution in [0.2, 0.25) is 0 Å². The van der Waals surface area contributed by atoms with Gasteiger partial charge in [-0.05, 0) is 25.0 Å². The number of hydrogen-bond acceptors (Lipinski definition) is 5. The van der Waals surface area contributed by atoms with Crippen LogP contribution in [0.25, 0.3) is 16.9 Å². The molecule has 0 atom stereocenters. The van der Waals surface area contributed by atoms with Crippen LogP contribution in [0.4, 0.5) is 14.7 Å². The first kappa shape index (κ1) is 15.2. The van der Waals surface area contributed by atoms with Gasteiger partial charge in [-0.15, -0.1) is 15.0 Å². The van der Waals surface area contributed by atoms with E-state index in [1.165, 1.54) is 0 Å². The number of anilines is 1. The molecule has 1 saturated heterocycles. The first-order valence-corrected chi connectivity index (χ1v) is 8.09. The molecule has 0 bridgehead atoms. The SMILES string of the molecule is O=c1[nH]c(N2CCCC2)nc2nn(-c3c(F)cc(Br)cc3F)nc12. The highest BCUT2D eigenvalue weighted by Crippen LogP contribution is 2.22. The van der Waals surface area contributed by atoms with Gasteiger partial charge in [0.2, 0.25) is 11.6 Å². The second-order valence-electron chi connectivity index (χ2n) is 5.46. The summed E-state index contributed by atoms with van der Waals surface area (Å²) in [6.45, 7) is 1.58. The van der Waals surface area contributed by atoms with Gasteiger partial charge in [-0.1, -0.05) is 15.9 Å². The first-order chi connectivity index (χ1) is 11.5. The van der Waals surface area contributed by atoms with Crippen molar-refractivity contribution < 1.29 is 8.78 Å². The van der Waals surface area contributed by atoms with E-state index in [0.29, 0.717) is 5.95 Å². The fourth-order valence-electron chi connectivity index (χ4n) is 2.71. The predicted molar refractivity (Wildman–Crippen MR) is 86.3 cm³/mol. The van der Waals surface area contributed by atoms with Gasteiger partial charge in [0.1, 0.15) is 0 Å². The lowest BCUT2D eigenvalue weighted by molar-refractivity contribution is 0.545. The average Bonchev–Trinajstić information content (AvgIpc) is 3.14. The van der Waals surface area contributed by atoms with E-state index in [-0.39, 0.29) is 15.6 Å². The summed E-state index contributed by atoms with van der Waals surface area (Å²) >= 11 is 3.01. The quantitative estimate of drug-likeness (QED) is 0.717. The van der Waals surface area contributed by atoms with Crippen molar-refractivity contribution in [2.45, 2.75) is 12.8 Å². The van der Waals surface area contributed by atoms with E-state index < -0.39 is 22.9 Å². The molecule has 2 aromatic heterocycles. The minimum absolute atomic E-state index is 0.0439. The number of fused-ring (bicyclic) bond motifs is 1. The molecule has 3 aromatic rings. The predicted octanol–water partition coefficient (Wildman–Crippen LogP) is 2.14. The molecule has 24 heavy (non-hydrogen) atoms. The van der Waals surface area contributed by atoms with Gasteiger partial charge in [-0.3, -0.25) is 9.78 Å². The summed E-state index contributed by atoms with van der Waals surface area (Å²) in [4.78, 5) is 21.8. The van der Waals surface area contributed by atoms with Crippen molar-refractivity contribution in [3.05, 3.63) is 38.6 Å². The van der Waals surface area contributed by atoms with Gasteiger partial charge >= 0.3 is 0 Å². The van der Waals surface area contributed by atoms with Crippen LogP contribution < -0.4 is 10.5 Å². The molecule has 0 radical (unpaired) electrons. The molecule has 1 N–H and O–H groups in total. The zero-order valence-corrected chi connectivity index (χ0v) is 13.8. The third kappa shape index (κ3) is 2.46. The number of benzene rings is 1. The fourth-order valence-corrected chi connectivity index (χ4v) is 3.12. The molecule has 0 amide bonds. The lowest BCUT2D eigenvalue weighted by atomic mass is 10.3. The Balaban J connectivity index is 1.87. The summed E-state index contributed by atoms with van der Waals surface area (Å²) in [5.41, 5.74) is -0.980. The Kier molecular flexibility index (Phi) is 3.56. The van der Waals surface area contributed by atoms with Crippen LogP contribution >= 0.6 is 15.9 Å². The van der Waals surface area contributed by atoms with Gasteiger partial charge in [-0.2, -0.15) is 4.98 Å². The molecule has 1 aromatic carbocycles. The van der Waals surface area contributed by atoms with Crippen LogP contribution in [0.15, 0.2) is 21.4 Å². The van der Waals surface area contributed by atoms with E-state index in [4.69, 9.17) is 0 Å². The number of nitrogens with zero attached hydrogens (tertiary/aromatic N) is 5. The van der Waals surface area contributed by atoms with Gasteiger partial charge in [0.05, 0.1) is 0 Å². The molecular weight excluding hydrogens is 386 g/mol. The summed E-state index contributed by atoms with van der Waals surface area (Å²) in [5.74, 6) is -1.30. The second-order valence-corrected chi connectivity index (χ2v) is 6.38. The van der Waals surface area contributed by atoms with Crippen molar-refractivity contribution in [3.8, 4) is 5.69 Å². The maximum Gasteiger partial charge on any atom is 0.282 e. The number of hydrogen-bond donors (Lipinski definition) is 1. The minimum Gasteiger partial charge on any atom is -0.342 e. The minimum atomic E-state index is -0.849. The molecule has 0 spiro atoms. The highest BCUT2D eigenvalue weighted by atomic mass is 79.9. The summed E-state index contributed by atoms with van der Waals surface area (Å²) in [6.07, 6.45) is 2.04. The van der Waals surface area contributed by atoms with Crippen molar-refractivity contribution in [2.75, 3.05) is 18.0 Å². The van der Waals surface area contributed by atoms with Crippen LogP contribution in [-0.4, -0.2) is 38.1 Å². The third-order valence-electron chi connectivity index (χ3n) is 3.84. The van der Waals surface area contributed by atoms with Crippen molar-refractivity contribution in [3.63, 3.8) is 0 Å². The second kappa shape index (κ2) is 5.62. The lowest BCUT2D eigenvalue weighted by Gasteiger charge is -2.14. The molecular formula is C14H11BrF2N6O. The normalized spacial score (nSPS) is 14.7. The van der Waals surface area contributed by atoms with Crippen molar-refractivity contribution >= 4 is 33.0 Å². The Bertz CT molecular complexity index is 972. The zero-order chi connectivity index (χ0) is 16.8. The lowest BCUT2D eigenvalue weighted by Crippen LogP contribution is -2.23. The molecule has 4 rings (SSSR count). The molecule has 0 unspecified atom stereocenters. The Morgan fingerprint density at radius 1 is 1.12 bits per heavy atom. The molecule has 7 nitrogen and oxygen atoms in total. The molecule has 124 valence electrons. The Labute approximate surface area is 142 Å². The molecule has 0 saturated carbocycles. The van der Waals surface area contributed by atoms with Gasteiger partial charge in [0.25, 0.3) is 5.56 Å². The van der Waals surface area contributed by atoms with Crippen LogP contribution in [0.3, 0.4) is 0 Å². The van der Waals surface area contributed by atoms with E-state index in [1.54, 1.807) is 0 Å². The monoisotopic (exact) mass is 396 g/mol. The maximum absolute atomic E-state index is 14.1. The first-order valence-electron chi connectivity index (χ1n) is 7.30. The van der Waals surface area contributed by atoms with Crippen LogP contribution in [-0.2, 0) is 0 Å². The molecule has 3 heterocycles. The van der Waals surface area contributed by atoms with Gasteiger partial charge in [0, 0.05) is 17.6 Å². The smallest absolute Gasteiger partial charge is 0.282 e. The van der Waals surface area contributed by atoms with E-state index in [1.807, 2.05) is 4.90 Å². The van der Waals surface area contributed by atoms with E-state index in [9.17, 15) is 13.6 Å². The Morgan fingerprint density at radius 2 is 1.79 bits per heavy atom. The number of halogens is 3. The van der Waals surface area contributed by atoms with E-state index in [0.717, 1.165) is 42.9 Å². The summed E-state index contributed by atoms with van der Waals surface area (Å²) in [7, 11) is 0. The highest BCUT2D eigenvalue weighted by Gasteiger charge is 2.20. The topological polar surface area (TPSA) is 79.7 Å². The Morgan fingerprint density at radius 3 is 2.46 bits per heavy atom. The average molecular weight is 397 g/mol. The number of nitrogens with one attached hydrogen (secondary N) is 1. The molecule has 10 heteroatoms. The molecule has 0 aliphatic carbocycles. The summed E-state index contributed by atoms with van der Waals surface area (Å²) < 4.78 is 28.4. The highest BCUT2D eigenvalue weighted by molar-refractivity contribution is 9.10. The van der Waals surface area contributed by atoms with Gasteiger partial charge in [-0.25, -0.2) is 8.78 Å². The van der Waals surface area contributed by atoms with Crippen molar-refractivity contribution in [2.24, 2.45) is 0 Å². The van der Waals surface area contributed by atoms with Gasteiger partial charge < -0.3 is 4.90 Å². The third-order valence-corrected chi connectivity index (χ3v) is 4.29. The van der Waals surface area contributed by atoms with Crippen LogP contribution in [0, 0.1) is 11.6 Å². The fraction of sp³-hybridized carbons (Fsp3) is 0.286.